The predicted molar refractivity (Wildman–Crippen MR) is 75.4 cm³/mol. The van der Waals surface area contributed by atoms with Crippen LogP contribution < -0.4 is 5.32 Å². The van der Waals surface area contributed by atoms with Crippen LogP contribution in [-0.2, 0) is 9.53 Å². The Morgan fingerprint density at radius 3 is 2.79 bits per heavy atom. The quantitative estimate of drug-likeness (QED) is 0.874. The first-order chi connectivity index (χ1) is 9.11. The predicted octanol–water partition coefficient (Wildman–Crippen LogP) is 2.58. The molecule has 1 aromatic carbocycles. The summed E-state index contributed by atoms with van der Waals surface area (Å²) in [7, 11) is 0. The number of rotatable bonds is 4. The molecule has 1 N–H and O–H groups in total. The smallest absolute Gasteiger partial charge is 0.349 e. The number of ether oxygens (including phenoxy) is 1. The van der Waals surface area contributed by atoms with Crippen LogP contribution in [0.3, 0.4) is 0 Å². The van der Waals surface area contributed by atoms with Crippen molar-refractivity contribution in [3.63, 3.8) is 0 Å². The van der Waals surface area contributed by atoms with Crippen LogP contribution in [0, 0.1) is 0 Å². The minimum absolute atomic E-state index is 0.281. The highest BCUT2D eigenvalue weighted by Crippen LogP contribution is 2.25. The maximum atomic E-state index is 11.9. The van der Waals surface area contributed by atoms with Crippen molar-refractivity contribution in [3.05, 3.63) is 35.2 Å². The van der Waals surface area contributed by atoms with Gasteiger partial charge in [0, 0.05) is 11.2 Å². The van der Waals surface area contributed by atoms with Crippen LogP contribution >= 0.6 is 11.3 Å². The summed E-state index contributed by atoms with van der Waals surface area (Å²) >= 11 is 1.37. The standard InChI is InChI=1S/C14H15NO3S/c1-3-15-13(16)9(2)18-14(17)12-8-10-6-4-5-7-11(10)19-12/h4-9H,3H2,1-2H3,(H,15,16)/t9-/m0/s1. The highest BCUT2D eigenvalue weighted by atomic mass is 32.1. The molecule has 1 aromatic heterocycles. The molecule has 0 spiro atoms. The van der Waals surface area contributed by atoms with Crippen molar-refractivity contribution in [2.75, 3.05) is 6.54 Å². The number of carbonyl (C=O) groups excluding carboxylic acids is 2. The van der Waals surface area contributed by atoms with Crippen molar-refractivity contribution in [1.29, 1.82) is 0 Å². The Morgan fingerprint density at radius 1 is 1.37 bits per heavy atom. The average Bonchev–Trinajstić information content (AvgIpc) is 2.82. The van der Waals surface area contributed by atoms with Crippen LogP contribution in [0.2, 0.25) is 0 Å². The molecule has 4 nitrogen and oxygen atoms in total. The molecule has 0 fully saturated rings. The van der Waals surface area contributed by atoms with Crippen molar-refractivity contribution in [2.24, 2.45) is 0 Å². The van der Waals surface area contributed by atoms with Crippen molar-refractivity contribution < 1.29 is 14.3 Å². The van der Waals surface area contributed by atoms with Gasteiger partial charge in [0.1, 0.15) is 4.88 Å². The van der Waals surface area contributed by atoms with Gasteiger partial charge < -0.3 is 10.1 Å². The van der Waals surface area contributed by atoms with Gasteiger partial charge in [0.2, 0.25) is 0 Å². The van der Waals surface area contributed by atoms with Gasteiger partial charge in [-0.1, -0.05) is 18.2 Å². The van der Waals surface area contributed by atoms with E-state index in [2.05, 4.69) is 5.32 Å². The van der Waals surface area contributed by atoms with Crippen molar-refractivity contribution >= 4 is 33.3 Å². The number of esters is 1. The molecule has 0 saturated heterocycles. The molecule has 100 valence electrons. The van der Waals surface area contributed by atoms with Gasteiger partial charge in [-0.2, -0.15) is 0 Å². The third-order valence-electron chi connectivity index (χ3n) is 2.63. The first kappa shape index (κ1) is 13.5. The van der Waals surface area contributed by atoms with Crippen LogP contribution in [0.15, 0.2) is 30.3 Å². The first-order valence-electron chi connectivity index (χ1n) is 6.09. The third kappa shape index (κ3) is 3.12. The van der Waals surface area contributed by atoms with E-state index in [1.807, 2.05) is 31.2 Å². The van der Waals surface area contributed by atoms with Crippen LogP contribution in [0.5, 0.6) is 0 Å². The van der Waals surface area contributed by atoms with Gasteiger partial charge >= 0.3 is 5.97 Å². The van der Waals surface area contributed by atoms with Crippen molar-refractivity contribution in [3.8, 4) is 0 Å². The van der Waals surface area contributed by atoms with E-state index in [9.17, 15) is 9.59 Å². The Kier molecular flexibility index (Phi) is 4.16. The number of carbonyl (C=O) groups is 2. The Labute approximate surface area is 115 Å². The van der Waals surface area contributed by atoms with Gasteiger partial charge in [0.15, 0.2) is 6.10 Å². The molecule has 0 aliphatic heterocycles. The summed E-state index contributed by atoms with van der Waals surface area (Å²) < 4.78 is 6.17. The fraction of sp³-hybridized carbons (Fsp3) is 0.286. The molecule has 1 heterocycles. The normalized spacial score (nSPS) is 12.1. The summed E-state index contributed by atoms with van der Waals surface area (Å²) in [6, 6.07) is 9.51. The number of nitrogens with one attached hydrogen (secondary N) is 1. The lowest BCUT2D eigenvalue weighted by Gasteiger charge is -2.11. The molecule has 0 aliphatic rings. The van der Waals surface area contributed by atoms with Gasteiger partial charge in [0.05, 0.1) is 0 Å². The van der Waals surface area contributed by atoms with E-state index < -0.39 is 12.1 Å². The van der Waals surface area contributed by atoms with Gasteiger partial charge in [-0.3, -0.25) is 4.79 Å². The fourth-order valence-electron chi connectivity index (χ4n) is 1.67. The van der Waals surface area contributed by atoms with Crippen LogP contribution in [0.4, 0.5) is 0 Å². The molecule has 2 aromatic rings. The molecule has 0 aliphatic carbocycles. The van der Waals surface area contributed by atoms with Crippen molar-refractivity contribution in [1.82, 2.24) is 5.32 Å². The molecule has 19 heavy (non-hydrogen) atoms. The third-order valence-corrected chi connectivity index (χ3v) is 3.73. The zero-order chi connectivity index (χ0) is 13.8. The molecular formula is C14H15NO3S. The molecule has 5 heteroatoms. The molecule has 0 bridgehead atoms. The lowest BCUT2D eigenvalue weighted by molar-refractivity contribution is -0.128. The van der Waals surface area contributed by atoms with E-state index >= 15 is 0 Å². The second-order valence-corrected chi connectivity index (χ2v) is 5.17. The second kappa shape index (κ2) is 5.84. The summed E-state index contributed by atoms with van der Waals surface area (Å²) in [5, 5.41) is 3.62. The highest BCUT2D eigenvalue weighted by molar-refractivity contribution is 7.20. The topological polar surface area (TPSA) is 55.4 Å². The maximum Gasteiger partial charge on any atom is 0.349 e. The van der Waals surface area contributed by atoms with E-state index in [0.717, 1.165) is 10.1 Å². The van der Waals surface area contributed by atoms with Gasteiger partial charge in [0.25, 0.3) is 5.91 Å². The van der Waals surface area contributed by atoms with E-state index in [0.29, 0.717) is 11.4 Å². The molecule has 1 amide bonds. The van der Waals surface area contributed by atoms with E-state index in [-0.39, 0.29) is 5.91 Å². The number of hydrogen-bond acceptors (Lipinski definition) is 4. The Bertz CT molecular complexity index is 573. The Morgan fingerprint density at radius 2 is 2.11 bits per heavy atom. The van der Waals surface area contributed by atoms with Crippen LogP contribution in [-0.4, -0.2) is 24.5 Å². The zero-order valence-electron chi connectivity index (χ0n) is 10.8. The SMILES string of the molecule is CCNC(=O)[C@H](C)OC(=O)c1cc2ccccc2s1. The fourth-order valence-corrected chi connectivity index (χ4v) is 2.62. The maximum absolute atomic E-state index is 11.9. The number of amides is 1. The summed E-state index contributed by atoms with van der Waals surface area (Å²) in [5.41, 5.74) is 0. The van der Waals surface area contributed by atoms with Crippen molar-refractivity contribution in [2.45, 2.75) is 20.0 Å². The van der Waals surface area contributed by atoms with Gasteiger partial charge in [-0.15, -0.1) is 11.3 Å². The molecule has 0 unspecified atom stereocenters. The van der Waals surface area contributed by atoms with Crippen LogP contribution in [0.1, 0.15) is 23.5 Å². The minimum atomic E-state index is -0.780. The Balaban J connectivity index is 2.09. The molecule has 1 atom stereocenters. The van der Waals surface area contributed by atoms with Crippen LogP contribution in [0.25, 0.3) is 10.1 Å². The summed E-state index contributed by atoms with van der Waals surface area (Å²) in [5.74, 6) is -0.739. The van der Waals surface area contributed by atoms with E-state index in [1.165, 1.54) is 11.3 Å². The number of hydrogen-bond donors (Lipinski definition) is 1. The highest BCUT2D eigenvalue weighted by Gasteiger charge is 2.19. The summed E-state index contributed by atoms with van der Waals surface area (Å²) in [6.45, 7) is 3.90. The number of fused-ring (bicyclic) bond motifs is 1. The summed E-state index contributed by atoms with van der Waals surface area (Å²) in [4.78, 5) is 24.0. The molecular weight excluding hydrogens is 262 g/mol. The minimum Gasteiger partial charge on any atom is -0.448 e. The lowest BCUT2D eigenvalue weighted by Crippen LogP contribution is -2.35. The molecule has 0 radical (unpaired) electrons. The van der Waals surface area contributed by atoms with E-state index in [4.69, 9.17) is 4.74 Å². The second-order valence-electron chi connectivity index (χ2n) is 4.09. The van der Waals surface area contributed by atoms with E-state index in [1.54, 1.807) is 13.0 Å². The molecule has 2 rings (SSSR count). The zero-order valence-corrected chi connectivity index (χ0v) is 11.6. The molecule has 0 saturated carbocycles. The lowest BCUT2D eigenvalue weighted by atomic mass is 10.2. The monoisotopic (exact) mass is 277 g/mol. The number of thiophene rings is 1. The largest absolute Gasteiger partial charge is 0.448 e. The average molecular weight is 277 g/mol. The number of likely N-dealkylation sites (N-methyl/N-ethyl adjacent to an activating group) is 1. The van der Waals surface area contributed by atoms with Gasteiger partial charge in [-0.05, 0) is 31.4 Å². The first-order valence-corrected chi connectivity index (χ1v) is 6.90. The summed E-state index contributed by atoms with van der Waals surface area (Å²) in [6.07, 6.45) is -0.780. The Hall–Kier alpha value is -1.88. The number of benzene rings is 1. The van der Waals surface area contributed by atoms with Gasteiger partial charge in [-0.25, -0.2) is 4.79 Å².